The van der Waals surface area contributed by atoms with Gasteiger partial charge in [0.2, 0.25) is 0 Å². The van der Waals surface area contributed by atoms with E-state index < -0.39 is 0 Å². The zero-order valence-corrected chi connectivity index (χ0v) is 8.54. The third kappa shape index (κ3) is 4.60. The molecule has 0 aromatic heterocycles. The van der Waals surface area contributed by atoms with Crippen molar-refractivity contribution in [3.05, 3.63) is 0 Å². The second-order valence-electron chi connectivity index (χ2n) is 3.71. The van der Waals surface area contributed by atoms with Crippen LogP contribution in [0.25, 0.3) is 0 Å². The second-order valence-corrected chi connectivity index (χ2v) is 3.71. The lowest BCUT2D eigenvalue weighted by Crippen LogP contribution is -2.39. The van der Waals surface area contributed by atoms with Crippen molar-refractivity contribution >= 4 is 0 Å². The summed E-state index contributed by atoms with van der Waals surface area (Å²) in [6, 6.07) is 0. The van der Waals surface area contributed by atoms with Crippen LogP contribution < -0.4 is 0 Å². The van der Waals surface area contributed by atoms with Gasteiger partial charge in [-0.05, 0) is 25.8 Å². The molecule has 78 valence electrons. The Bertz CT molecular complexity index is 130. The van der Waals surface area contributed by atoms with Gasteiger partial charge < -0.3 is 9.84 Å². The first-order valence-electron chi connectivity index (χ1n) is 5.31. The topological polar surface area (TPSA) is 32.7 Å². The van der Waals surface area contributed by atoms with Crippen molar-refractivity contribution in [2.45, 2.75) is 32.3 Å². The molecule has 13 heavy (non-hydrogen) atoms. The van der Waals surface area contributed by atoms with Crippen LogP contribution >= 0.6 is 0 Å². The molecule has 0 bridgehead atoms. The Morgan fingerprint density at radius 2 is 2.31 bits per heavy atom. The molecule has 0 aliphatic carbocycles. The normalized spacial score (nSPS) is 24.9. The third-order valence-corrected chi connectivity index (χ3v) is 2.38. The molecule has 3 heteroatoms. The molecule has 0 spiro atoms. The number of nitrogens with zero attached hydrogens (tertiary/aromatic N) is 1. The summed E-state index contributed by atoms with van der Waals surface area (Å²) in [6.45, 7) is 6.70. The first kappa shape index (κ1) is 11.0. The van der Waals surface area contributed by atoms with Crippen LogP contribution in [0.5, 0.6) is 0 Å². The molecular formula is C10H21NO2. The van der Waals surface area contributed by atoms with Crippen LogP contribution in [0.2, 0.25) is 0 Å². The Morgan fingerprint density at radius 3 is 3.00 bits per heavy atom. The lowest BCUT2D eigenvalue weighted by Gasteiger charge is -2.29. The molecule has 1 aliphatic rings. The number of hydrogen-bond donors (Lipinski definition) is 1. The van der Waals surface area contributed by atoms with E-state index in [1.807, 2.05) is 0 Å². The summed E-state index contributed by atoms with van der Waals surface area (Å²) >= 11 is 0. The van der Waals surface area contributed by atoms with Crippen molar-refractivity contribution in [2.75, 3.05) is 32.8 Å². The van der Waals surface area contributed by atoms with E-state index in [0.29, 0.717) is 0 Å². The number of likely N-dealkylation sites (tertiary alicyclic amines) is 1. The zero-order valence-electron chi connectivity index (χ0n) is 8.54. The molecule has 0 amide bonds. The van der Waals surface area contributed by atoms with Crippen molar-refractivity contribution in [2.24, 2.45) is 0 Å². The number of β-amino-alcohol motifs (C(OH)–C–C–N with tert-alkyl or cyclic N) is 1. The first-order valence-corrected chi connectivity index (χ1v) is 5.31. The van der Waals surface area contributed by atoms with E-state index >= 15 is 0 Å². The van der Waals surface area contributed by atoms with Crippen molar-refractivity contribution in [1.82, 2.24) is 4.90 Å². The molecule has 1 unspecified atom stereocenters. The molecule has 0 saturated carbocycles. The van der Waals surface area contributed by atoms with Gasteiger partial charge in [0, 0.05) is 19.7 Å². The fraction of sp³-hybridized carbons (Fsp3) is 1.00. The summed E-state index contributed by atoms with van der Waals surface area (Å²) in [5.41, 5.74) is 0. The maximum Gasteiger partial charge on any atom is 0.0667 e. The number of rotatable bonds is 5. The Hall–Kier alpha value is -0.120. The summed E-state index contributed by atoms with van der Waals surface area (Å²) in [4.78, 5) is 2.28. The fourth-order valence-electron chi connectivity index (χ4n) is 1.67. The predicted octanol–water partition coefficient (Wildman–Crippen LogP) is 0.870. The molecule has 0 aromatic rings. The van der Waals surface area contributed by atoms with Gasteiger partial charge in [-0.1, -0.05) is 6.92 Å². The van der Waals surface area contributed by atoms with Crippen LogP contribution in [0, 0.1) is 0 Å². The van der Waals surface area contributed by atoms with Gasteiger partial charge in [-0.25, -0.2) is 0 Å². The molecule has 0 aromatic carbocycles. The minimum atomic E-state index is -0.111. The second kappa shape index (κ2) is 6.35. The summed E-state index contributed by atoms with van der Waals surface area (Å²) in [7, 11) is 0. The number of aliphatic hydroxyl groups excluding tert-OH is 1. The highest BCUT2D eigenvalue weighted by molar-refractivity contribution is 4.71. The number of ether oxygens (including phenoxy) is 1. The van der Waals surface area contributed by atoms with Gasteiger partial charge in [0.1, 0.15) is 0 Å². The first-order chi connectivity index (χ1) is 6.33. The van der Waals surface area contributed by atoms with Crippen LogP contribution in [0.15, 0.2) is 0 Å². The van der Waals surface area contributed by atoms with E-state index in [1.54, 1.807) is 0 Å². The molecule has 1 aliphatic heterocycles. The molecule has 1 rings (SSSR count). The summed E-state index contributed by atoms with van der Waals surface area (Å²) in [5.74, 6) is 0. The summed E-state index contributed by atoms with van der Waals surface area (Å²) in [6.07, 6.45) is 3.06. The Morgan fingerprint density at radius 1 is 1.46 bits per heavy atom. The van der Waals surface area contributed by atoms with Gasteiger partial charge in [-0.2, -0.15) is 0 Å². The molecule has 0 radical (unpaired) electrons. The summed E-state index contributed by atoms with van der Waals surface area (Å²) in [5, 5.41) is 9.40. The van der Waals surface area contributed by atoms with Crippen LogP contribution in [0.3, 0.4) is 0 Å². The van der Waals surface area contributed by atoms with Crippen LogP contribution in [0.1, 0.15) is 26.2 Å². The van der Waals surface area contributed by atoms with Crippen molar-refractivity contribution in [1.29, 1.82) is 0 Å². The van der Waals surface area contributed by atoms with Gasteiger partial charge in [-0.15, -0.1) is 0 Å². The van der Waals surface area contributed by atoms with Crippen molar-refractivity contribution in [3.63, 3.8) is 0 Å². The fourth-order valence-corrected chi connectivity index (χ4v) is 1.67. The Kier molecular flexibility index (Phi) is 5.35. The van der Waals surface area contributed by atoms with E-state index in [9.17, 15) is 5.11 Å². The van der Waals surface area contributed by atoms with E-state index in [2.05, 4.69) is 11.8 Å². The Balaban J connectivity index is 2.00. The van der Waals surface area contributed by atoms with Crippen LogP contribution in [-0.2, 0) is 4.74 Å². The van der Waals surface area contributed by atoms with Gasteiger partial charge in [0.05, 0.1) is 12.7 Å². The average Bonchev–Trinajstić information content (AvgIpc) is 2.13. The lowest BCUT2D eigenvalue weighted by atomic mass is 10.1. The number of piperidine rings is 1. The molecular weight excluding hydrogens is 166 g/mol. The standard InChI is InChI=1S/C10H21NO2/c1-2-7-13-8-6-11-5-3-4-10(12)9-11/h10,12H,2-9H2,1H3. The van der Waals surface area contributed by atoms with Crippen molar-refractivity contribution in [3.8, 4) is 0 Å². The molecule has 3 nitrogen and oxygen atoms in total. The van der Waals surface area contributed by atoms with E-state index in [-0.39, 0.29) is 6.10 Å². The third-order valence-electron chi connectivity index (χ3n) is 2.38. The zero-order chi connectivity index (χ0) is 9.52. The number of hydrogen-bond acceptors (Lipinski definition) is 3. The van der Waals surface area contributed by atoms with Crippen LogP contribution in [-0.4, -0.2) is 49.0 Å². The van der Waals surface area contributed by atoms with Gasteiger partial charge in [-0.3, -0.25) is 4.90 Å². The maximum atomic E-state index is 9.40. The smallest absolute Gasteiger partial charge is 0.0667 e. The van der Waals surface area contributed by atoms with Gasteiger partial charge >= 0.3 is 0 Å². The monoisotopic (exact) mass is 187 g/mol. The SMILES string of the molecule is CCCOCCN1CCCC(O)C1. The molecule has 1 atom stereocenters. The lowest BCUT2D eigenvalue weighted by molar-refractivity contribution is 0.0452. The molecule has 1 N–H and O–H groups in total. The molecule has 1 heterocycles. The average molecular weight is 187 g/mol. The van der Waals surface area contributed by atoms with E-state index in [1.165, 1.54) is 0 Å². The Labute approximate surface area is 80.7 Å². The maximum absolute atomic E-state index is 9.40. The van der Waals surface area contributed by atoms with Gasteiger partial charge in [0.25, 0.3) is 0 Å². The van der Waals surface area contributed by atoms with Crippen molar-refractivity contribution < 1.29 is 9.84 Å². The highest BCUT2D eigenvalue weighted by Crippen LogP contribution is 2.08. The predicted molar refractivity (Wildman–Crippen MR) is 52.8 cm³/mol. The molecule has 1 fully saturated rings. The highest BCUT2D eigenvalue weighted by Gasteiger charge is 2.16. The van der Waals surface area contributed by atoms with Gasteiger partial charge in [0.15, 0.2) is 0 Å². The van der Waals surface area contributed by atoms with E-state index in [0.717, 1.165) is 52.1 Å². The van der Waals surface area contributed by atoms with E-state index in [4.69, 9.17) is 4.74 Å². The minimum absolute atomic E-state index is 0.111. The summed E-state index contributed by atoms with van der Waals surface area (Å²) < 4.78 is 5.40. The highest BCUT2D eigenvalue weighted by atomic mass is 16.5. The van der Waals surface area contributed by atoms with Crippen LogP contribution in [0.4, 0.5) is 0 Å². The molecule has 1 saturated heterocycles. The largest absolute Gasteiger partial charge is 0.392 e. The quantitative estimate of drug-likeness (QED) is 0.648. The minimum Gasteiger partial charge on any atom is -0.392 e. The number of aliphatic hydroxyl groups is 1.